The van der Waals surface area contributed by atoms with E-state index >= 15 is 0 Å². The largest absolute Gasteiger partial charge is 0.344 e. The molecule has 0 spiro atoms. The molecule has 0 aliphatic heterocycles. The van der Waals surface area contributed by atoms with E-state index in [1.165, 1.54) is 5.56 Å². The van der Waals surface area contributed by atoms with Crippen molar-refractivity contribution in [1.82, 2.24) is 15.5 Å². The maximum atomic E-state index is 12.1. The second-order valence-electron chi connectivity index (χ2n) is 6.16. The molecule has 0 aliphatic carbocycles. The maximum absolute atomic E-state index is 12.1. The molecule has 0 saturated carbocycles. The SMILES string of the molecule is C[C@H](NC(=O)c1[nH]ncc1I)c1ccc(C(C)(C)C)cc1. The first kappa shape index (κ1) is 16.0. The molecule has 0 radical (unpaired) electrons. The number of hydrogen-bond donors (Lipinski definition) is 2. The van der Waals surface area contributed by atoms with Crippen molar-refractivity contribution in [2.75, 3.05) is 0 Å². The van der Waals surface area contributed by atoms with Gasteiger partial charge in [0.1, 0.15) is 5.69 Å². The molecular formula is C16H20IN3O. The number of aromatic nitrogens is 2. The van der Waals surface area contributed by atoms with Gasteiger partial charge in [-0.15, -0.1) is 0 Å². The van der Waals surface area contributed by atoms with Crippen LogP contribution in [-0.4, -0.2) is 16.1 Å². The Morgan fingerprint density at radius 2 is 1.90 bits per heavy atom. The Bertz CT molecular complexity index is 626. The quantitative estimate of drug-likeness (QED) is 0.775. The minimum absolute atomic E-state index is 0.0504. The molecule has 1 aromatic carbocycles. The van der Waals surface area contributed by atoms with Crippen LogP contribution in [0.5, 0.6) is 0 Å². The Morgan fingerprint density at radius 3 is 2.38 bits per heavy atom. The molecule has 1 aromatic heterocycles. The number of carbonyl (C=O) groups excluding carboxylic acids is 1. The Labute approximate surface area is 138 Å². The molecule has 0 aliphatic rings. The van der Waals surface area contributed by atoms with Gasteiger partial charge in [-0.3, -0.25) is 9.89 Å². The number of nitrogens with one attached hydrogen (secondary N) is 2. The van der Waals surface area contributed by atoms with E-state index in [0.717, 1.165) is 9.13 Å². The molecule has 0 saturated heterocycles. The summed E-state index contributed by atoms with van der Waals surface area (Å²) in [4.78, 5) is 12.1. The summed E-state index contributed by atoms with van der Waals surface area (Å²) in [6, 6.07) is 8.34. The number of H-pyrrole nitrogens is 1. The van der Waals surface area contributed by atoms with Crippen LogP contribution in [0.1, 0.15) is 55.4 Å². The lowest BCUT2D eigenvalue weighted by atomic mass is 9.86. The zero-order valence-electron chi connectivity index (χ0n) is 12.7. The van der Waals surface area contributed by atoms with Crippen LogP contribution in [0.2, 0.25) is 0 Å². The fraction of sp³-hybridized carbons (Fsp3) is 0.375. The topological polar surface area (TPSA) is 57.8 Å². The fourth-order valence-electron chi connectivity index (χ4n) is 2.05. The van der Waals surface area contributed by atoms with Gasteiger partial charge in [0.2, 0.25) is 0 Å². The fourth-order valence-corrected chi connectivity index (χ4v) is 2.56. The molecule has 0 unspecified atom stereocenters. The van der Waals surface area contributed by atoms with Crippen LogP contribution in [0.15, 0.2) is 30.5 Å². The third kappa shape index (κ3) is 3.84. The van der Waals surface area contributed by atoms with Crippen LogP contribution in [0.3, 0.4) is 0 Å². The Morgan fingerprint density at radius 1 is 1.29 bits per heavy atom. The summed E-state index contributed by atoms with van der Waals surface area (Å²) in [6.07, 6.45) is 1.64. The van der Waals surface area contributed by atoms with E-state index in [1.54, 1.807) is 6.20 Å². The smallest absolute Gasteiger partial charge is 0.270 e. The highest BCUT2D eigenvalue weighted by atomic mass is 127. The second kappa shape index (κ2) is 6.17. The number of benzene rings is 1. The van der Waals surface area contributed by atoms with Crippen LogP contribution in [-0.2, 0) is 5.41 Å². The predicted molar refractivity (Wildman–Crippen MR) is 92.3 cm³/mol. The minimum Gasteiger partial charge on any atom is -0.344 e. The summed E-state index contributed by atoms with van der Waals surface area (Å²) in [5.41, 5.74) is 3.02. The lowest BCUT2D eigenvalue weighted by Gasteiger charge is -2.20. The van der Waals surface area contributed by atoms with E-state index < -0.39 is 0 Å². The molecule has 1 amide bonds. The van der Waals surface area contributed by atoms with Crippen molar-refractivity contribution in [1.29, 1.82) is 0 Å². The number of aromatic amines is 1. The zero-order chi connectivity index (χ0) is 15.6. The van der Waals surface area contributed by atoms with Crippen molar-refractivity contribution in [2.45, 2.75) is 39.2 Å². The second-order valence-corrected chi connectivity index (χ2v) is 7.32. The van der Waals surface area contributed by atoms with Gasteiger partial charge >= 0.3 is 0 Å². The third-order valence-electron chi connectivity index (χ3n) is 3.44. The van der Waals surface area contributed by atoms with Crippen molar-refractivity contribution < 1.29 is 4.79 Å². The third-order valence-corrected chi connectivity index (χ3v) is 4.26. The van der Waals surface area contributed by atoms with Crippen molar-refractivity contribution in [3.63, 3.8) is 0 Å². The van der Waals surface area contributed by atoms with E-state index in [-0.39, 0.29) is 17.4 Å². The van der Waals surface area contributed by atoms with Crippen molar-refractivity contribution >= 4 is 28.5 Å². The molecule has 0 bridgehead atoms. The van der Waals surface area contributed by atoms with E-state index in [1.807, 2.05) is 6.92 Å². The molecule has 0 fully saturated rings. The Balaban J connectivity index is 2.09. The zero-order valence-corrected chi connectivity index (χ0v) is 14.9. The van der Waals surface area contributed by atoms with Crippen LogP contribution < -0.4 is 5.32 Å². The van der Waals surface area contributed by atoms with Gasteiger partial charge in [0.25, 0.3) is 5.91 Å². The summed E-state index contributed by atoms with van der Waals surface area (Å²) in [5.74, 6) is -0.135. The predicted octanol–water partition coefficient (Wildman–Crippen LogP) is 3.80. The lowest BCUT2D eigenvalue weighted by molar-refractivity contribution is 0.0934. The Hall–Kier alpha value is -1.37. The van der Waals surface area contributed by atoms with E-state index in [9.17, 15) is 4.79 Å². The van der Waals surface area contributed by atoms with Crippen molar-refractivity contribution in [3.8, 4) is 0 Å². The standard InChI is InChI=1S/C16H20IN3O/c1-10(19-15(21)14-13(17)9-18-20-14)11-5-7-12(8-6-11)16(2,3)4/h5-10H,1-4H3,(H,18,20)(H,19,21)/t10-/m0/s1. The van der Waals surface area contributed by atoms with E-state index in [2.05, 4.69) is 83.1 Å². The average molecular weight is 397 g/mol. The summed E-state index contributed by atoms with van der Waals surface area (Å²) in [7, 11) is 0. The molecule has 112 valence electrons. The molecule has 2 N–H and O–H groups in total. The number of amides is 1. The number of nitrogens with zero attached hydrogens (tertiary/aromatic N) is 1. The highest BCUT2D eigenvalue weighted by Gasteiger charge is 2.17. The first-order chi connectivity index (χ1) is 9.79. The van der Waals surface area contributed by atoms with Crippen LogP contribution >= 0.6 is 22.6 Å². The van der Waals surface area contributed by atoms with Crippen LogP contribution in [0.25, 0.3) is 0 Å². The highest BCUT2D eigenvalue weighted by Crippen LogP contribution is 2.24. The normalized spacial score (nSPS) is 13.0. The Kier molecular flexibility index (Phi) is 4.70. The van der Waals surface area contributed by atoms with Gasteiger partial charge in [-0.2, -0.15) is 5.10 Å². The first-order valence-corrected chi connectivity index (χ1v) is 7.97. The van der Waals surface area contributed by atoms with E-state index in [4.69, 9.17) is 0 Å². The van der Waals surface area contributed by atoms with E-state index in [0.29, 0.717) is 5.69 Å². The molecule has 1 atom stereocenters. The van der Waals surface area contributed by atoms with Gasteiger partial charge in [0.05, 0.1) is 15.8 Å². The highest BCUT2D eigenvalue weighted by molar-refractivity contribution is 14.1. The lowest BCUT2D eigenvalue weighted by Crippen LogP contribution is -2.27. The van der Waals surface area contributed by atoms with Gasteiger partial charge in [-0.05, 0) is 46.1 Å². The average Bonchev–Trinajstić information content (AvgIpc) is 2.84. The molecule has 2 rings (SSSR count). The van der Waals surface area contributed by atoms with Crippen molar-refractivity contribution in [2.24, 2.45) is 0 Å². The molecule has 4 nitrogen and oxygen atoms in total. The minimum atomic E-state index is -0.135. The van der Waals surface area contributed by atoms with Crippen LogP contribution in [0.4, 0.5) is 0 Å². The number of halogens is 1. The van der Waals surface area contributed by atoms with Gasteiger partial charge in [0, 0.05) is 0 Å². The summed E-state index contributed by atoms with van der Waals surface area (Å²) < 4.78 is 0.820. The molecule has 21 heavy (non-hydrogen) atoms. The van der Waals surface area contributed by atoms with Gasteiger partial charge in [-0.25, -0.2) is 0 Å². The van der Waals surface area contributed by atoms with Crippen LogP contribution in [0, 0.1) is 3.57 Å². The monoisotopic (exact) mass is 397 g/mol. The number of hydrogen-bond acceptors (Lipinski definition) is 2. The summed E-state index contributed by atoms with van der Waals surface area (Å²) >= 11 is 2.09. The molecular weight excluding hydrogens is 377 g/mol. The maximum Gasteiger partial charge on any atom is 0.270 e. The summed E-state index contributed by atoms with van der Waals surface area (Å²) in [5, 5.41) is 9.57. The molecule has 5 heteroatoms. The first-order valence-electron chi connectivity index (χ1n) is 6.89. The van der Waals surface area contributed by atoms with Gasteiger partial charge in [-0.1, -0.05) is 45.0 Å². The number of carbonyl (C=O) groups is 1. The van der Waals surface area contributed by atoms with Crippen molar-refractivity contribution in [3.05, 3.63) is 50.9 Å². The number of rotatable bonds is 3. The summed E-state index contributed by atoms with van der Waals surface area (Å²) in [6.45, 7) is 8.54. The van der Waals surface area contributed by atoms with Gasteiger partial charge in [0.15, 0.2) is 0 Å². The van der Waals surface area contributed by atoms with Gasteiger partial charge < -0.3 is 5.32 Å². The molecule has 2 aromatic rings. The molecule has 1 heterocycles.